The van der Waals surface area contributed by atoms with Gasteiger partial charge >= 0.3 is 5.97 Å². The molecule has 0 bridgehead atoms. The van der Waals surface area contributed by atoms with Crippen molar-refractivity contribution in [3.8, 4) is 0 Å². The normalized spacial score (nSPS) is 22.6. The van der Waals surface area contributed by atoms with Crippen LogP contribution in [0.15, 0.2) is 0 Å². The van der Waals surface area contributed by atoms with E-state index in [1.165, 1.54) is 7.11 Å². The summed E-state index contributed by atoms with van der Waals surface area (Å²) in [6.45, 7) is 9.03. The fraction of sp³-hybridized carbons (Fsp3) is 0.857. The van der Waals surface area contributed by atoms with Gasteiger partial charge in [-0.3, -0.25) is 9.59 Å². The van der Waals surface area contributed by atoms with Crippen LogP contribution in [-0.4, -0.2) is 50.1 Å². The van der Waals surface area contributed by atoms with E-state index in [0.29, 0.717) is 24.9 Å². The molecular weight excluding hydrogens is 244 g/mol. The Morgan fingerprint density at radius 1 is 1.37 bits per heavy atom. The SMILES string of the molecule is COC(=O)CCN(CC(C)C)C(=O)[C@@H]1CNC[C@H]1C. The van der Waals surface area contributed by atoms with Gasteiger partial charge in [0.25, 0.3) is 0 Å². The first-order chi connectivity index (χ1) is 8.95. The number of hydrogen-bond acceptors (Lipinski definition) is 4. The molecule has 0 unspecified atom stereocenters. The lowest BCUT2D eigenvalue weighted by Crippen LogP contribution is -2.42. The largest absolute Gasteiger partial charge is 0.469 e. The Kier molecular flexibility index (Phi) is 6.28. The number of methoxy groups -OCH3 is 1. The lowest BCUT2D eigenvalue weighted by molar-refractivity contribution is -0.142. The van der Waals surface area contributed by atoms with E-state index in [4.69, 9.17) is 0 Å². The monoisotopic (exact) mass is 270 g/mol. The summed E-state index contributed by atoms with van der Waals surface area (Å²) in [6.07, 6.45) is 0.267. The lowest BCUT2D eigenvalue weighted by Gasteiger charge is -2.28. The maximum atomic E-state index is 12.5. The Balaban J connectivity index is 2.61. The van der Waals surface area contributed by atoms with E-state index in [1.807, 2.05) is 4.90 Å². The zero-order valence-electron chi connectivity index (χ0n) is 12.4. The van der Waals surface area contributed by atoms with Crippen molar-refractivity contribution >= 4 is 11.9 Å². The first kappa shape index (κ1) is 16.0. The molecule has 5 heteroatoms. The third-order valence-electron chi connectivity index (χ3n) is 3.55. The van der Waals surface area contributed by atoms with Gasteiger partial charge in [0.2, 0.25) is 5.91 Å². The Morgan fingerprint density at radius 2 is 2.05 bits per heavy atom. The molecular formula is C14H26N2O3. The number of carbonyl (C=O) groups excluding carboxylic acids is 2. The molecule has 0 aromatic carbocycles. The molecule has 1 heterocycles. The van der Waals surface area contributed by atoms with Gasteiger partial charge in [0, 0.05) is 19.6 Å². The van der Waals surface area contributed by atoms with Crippen molar-refractivity contribution in [3.05, 3.63) is 0 Å². The van der Waals surface area contributed by atoms with Crippen LogP contribution in [-0.2, 0) is 14.3 Å². The Hall–Kier alpha value is -1.10. The highest BCUT2D eigenvalue weighted by Crippen LogP contribution is 2.19. The number of amides is 1. The molecule has 1 aliphatic heterocycles. The van der Waals surface area contributed by atoms with Crippen molar-refractivity contribution in [2.24, 2.45) is 17.8 Å². The molecule has 110 valence electrons. The van der Waals surface area contributed by atoms with E-state index in [-0.39, 0.29) is 24.2 Å². The summed E-state index contributed by atoms with van der Waals surface area (Å²) in [5.41, 5.74) is 0. The summed E-state index contributed by atoms with van der Waals surface area (Å²) in [4.78, 5) is 25.6. The number of rotatable bonds is 6. The number of esters is 1. The molecule has 1 rings (SSSR count). The molecule has 1 saturated heterocycles. The minimum absolute atomic E-state index is 0.0383. The van der Waals surface area contributed by atoms with Crippen molar-refractivity contribution < 1.29 is 14.3 Å². The maximum absolute atomic E-state index is 12.5. The second kappa shape index (κ2) is 7.48. The molecule has 0 radical (unpaired) electrons. The van der Waals surface area contributed by atoms with Gasteiger partial charge in [-0.05, 0) is 18.4 Å². The van der Waals surface area contributed by atoms with Crippen LogP contribution < -0.4 is 5.32 Å². The molecule has 1 amide bonds. The fourth-order valence-electron chi connectivity index (χ4n) is 2.44. The van der Waals surface area contributed by atoms with E-state index in [0.717, 1.165) is 13.1 Å². The summed E-state index contributed by atoms with van der Waals surface area (Å²) < 4.78 is 4.64. The van der Waals surface area contributed by atoms with Crippen LogP contribution in [0.1, 0.15) is 27.2 Å². The fourth-order valence-corrected chi connectivity index (χ4v) is 2.44. The molecule has 0 saturated carbocycles. The van der Waals surface area contributed by atoms with Gasteiger partial charge in [-0.15, -0.1) is 0 Å². The van der Waals surface area contributed by atoms with Crippen LogP contribution in [0.3, 0.4) is 0 Å². The first-order valence-electron chi connectivity index (χ1n) is 7.02. The van der Waals surface area contributed by atoms with E-state index >= 15 is 0 Å². The minimum Gasteiger partial charge on any atom is -0.469 e. The molecule has 1 fully saturated rings. The predicted molar refractivity (Wildman–Crippen MR) is 73.6 cm³/mol. The second-order valence-corrected chi connectivity index (χ2v) is 5.75. The van der Waals surface area contributed by atoms with Gasteiger partial charge in [0.15, 0.2) is 0 Å². The molecule has 1 aliphatic rings. The average Bonchev–Trinajstić information content (AvgIpc) is 2.78. The van der Waals surface area contributed by atoms with Gasteiger partial charge in [0.1, 0.15) is 0 Å². The first-order valence-corrected chi connectivity index (χ1v) is 7.02. The quantitative estimate of drug-likeness (QED) is 0.728. The highest BCUT2D eigenvalue weighted by molar-refractivity contribution is 5.80. The Labute approximate surface area is 115 Å². The van der Waals surface area contributed by atoms with Gasteiger partial charge in [-0.25, -0.2) is 0 Å². The maximum Gasteiger partial charge on any atom is 0.307 e. The van der Waals surface area contributed by atoms with Crippen LogP contribution in [0, 0.1) is 17.8 Å². The van der Waals surface area contributed by atoms with Crippen LogP contribution in [0.4, 0.5) is 0 Å². The van der Waals surface area contributed by atoms with Crippen LogP contribution >= 0.6 is 0 Å². The van der Waals surface area contributed by atoms with E-state index in [9.17, 15) is 9.59 Å². The standard InChI is InChI=1S/C14H26N2O3/c1-10(2)9-16(6-5-13(17)19-4)14(18)12-8-15-7-11(12)3/h10-12,15H,5-9H2,1-4H3/t11-,12-/m1/s1. The predicted octanol–water partition coefficient (Wildman–Crippen LogP) is 0.890. The number of ether oxygens (including phenoxy) is 1. The zero-order chi connectivity index (χ0) is 14.4. The van der Waals surface area contributed by atoms with Gasteiger partial charge < -0.3 is 15.0 Å². The average molecular weight is 270 g/mol. The molecule has 0 aromatic heterocycles. The summed E-state index contributed by atoms with van der Waals surface area (Å²) in [5, 5.41) is 3.25. The molecule has 5 nitrogen and oxygen atoms in total. The molecule has 0 aliphatic carbocycles. The Morgan fingerprint density at radius 3 is 2.53 bits per heavy atom. The Bertz CT molecular complexity index is 318. The lowest BCUT2D eigenvalue weighted by atomic mass is 9.96. The third kappa shape index (κ3) is 4.82. The molecule has 1 N–H and O–H groups in total. The van der Waals surface area contributed by atoms with Crippen LogP contribution in [0.2, 0.25) is 0 Å². The third-order valence-corrected chi connectivity index (χ3v) is 3.55. The smallest absolute Gasteiger partial charge is 0.307 e. The van der Waals surface area contributed by atoms with E-state index in [1.54, 1.807) is 0 Å². The number of nitrogens with zero attached hydrogens (tertiary/aromatic N) is 1. The van der Waals surface area contributed by atoms with Crippen molar-refractivity contribution in [3.63, 3.8) is 0 Å². The number of carbonyl (C=O) groups is 2. The highest BCUT2D eigenvalue weighted by Gasteiger charge is 2.33. The topological polar surface area (TPSA) is 58.6 Å². The van der Waals surface area contributed by atoms with Crippen molar-refractivity contribution in [1.29, 1.82) is 0 Å². The number of nitrogens with one attached hydrogen (secondary N) is 1. The van der Waals surface area contributed by atoms with Crippen molar-refractivity contribution in [2.45, 2.75) is 27.2 Å². The van der Waals surface area contributed by atoms with Crippen LogP contribution in [0.5, 0.6) is 0 Å². The van der Waals surface area contributed by atoms with E-state index < -0.39 is 0 Å². The van der Waals surface area contributed by atoms with Gasteiger partial charge in [-0.1, -0.05) is 20.8 Å². The summed E-state index contributed by atoms with van der Waals surface area (Å²) >= 11 is 0. The zero-order valence-corrected chi connectivity index (χ0v) is 12.4. The number of hydrogen-bond donors (Lipinski definition) is 1. The molecule has 19 heavy (non-hydrogen) atoms. The summed E-state index contributed by atoms with van der Waals surface area (Å²) in [7, 11) is 1.37. The van der Waals surface area contributed by atoms with Crippen molar-refractivity contribution in [1.82, 2.24) is 10.2 Å². The highest BCUT2D eigenvalue weighted by atomic mass is 16.5. The van der Waals surface area contributed by atoms with Gasteiger partial charge in [-0.2, -0.15) is 0 Å². The minimum atomic E-state index is -0.265. The summed E-state index contributed by atoms with van der Waals surface area (Å²) in [5.74, 6) is 0.692. The van der Waals surface area contributed by atoms with Crippen molar-refractivity contribution in [2.75, 3.05) is 33.3 Å². The molecule has 0 spiro atoms. The second-order valence-electron chi connectivity index (χ2n) is 5.75. The summed E-state index contributed by atoms with van der Waals surface area (Å²) in [6, 6.07) is 0. The van der Waals surface area contributed by atoms with Gasteiger partial charge in [0.05, 0.1) is 19.4 Å². The van der Waals surface area contributed by atoms with Crippen LogP contribution in [0.25, 0.3) is 0 Å². The molecule has 2 atom stereocenters. The molecule has 0 aromatic rings. The van der Waals surface area contributed by atoms with E-state index in [2.05, 4.69) is 30.8 Å².